The smallest absolute Gasteiger partial charge is 0.178 e. The number of nitrogens with zero attached hydrogens (tertiary/aromatic N) is 4. The van der Waals surface area contributed by atoms with Gasteiger partial charge in [0.15, 0.2) is 17.2 Å². The van der Waals surface area contributed by atoms with Gasteiger partial charge >= 0.3 is 0 Å². The number of para-hydroxylation sites is 1. The number of benzene rings is 2. The molecule has 2 aromatic heterocycles. The number of hydrogen-bond donors (Lipinski definition) is 0. The molecule has 0 N–H and O–H groups in total. The minimum absolute atomic E-state index is 0.371. The highest BCUT2D eigenvalue weighted by molar-refractivity contribution is 6.10. The molecular formula is C22H22N4O. The Morgan fingerprint density at radius 2 is 1.89 bits per heavy atom. The lowest BCUT2D eigenvalue weighted by molar-refractivity contribution is 0.598. The first kappa shape index (κ1) is 12.3. The summed E-state index contributed by atoms with van der Waals surface area (Å²) in [5.74, 6) is 0.880. The Kier molecular flexibility index (Phi) is 2.61. The predicted octanol–water partition coefficient (Wildman–Crippen LogP) is 5.40. The number of aromatic nitrogens is 2. The molecular weight excluding hydrogens is 336 g/mol. The van der Waals surface area contributed by atoms with Crippen molar-refractivity contribution in [1.29, 1.82) is 0 Å². The minimum atomic E-state index is -2.55. The fraction of sp³-hybridized carbons (Fsp3) is 0.273. The zero-order chi connectivity index (χ0) is 22.1. The topological polar surface area (TPSA) is 45.4 Å². The maximum Gasteiger partial charge on any atom is 0.178 e. The first-order chi connectivity index (χ1) is 14.6. The van der Waals surface area contributed by atoms with Gasteiger partial charge in [-0.05, 0) is 39.3 Å². The molecule has 0 saturated heterocycles. The Bertz CT molecular complexity index is 1310. The van der Waals surface area contributed by atoms with Crippen molar-refractivity contribution in [3.8, 4) is 0 Å². The van der Waals surface area contributed by atoms with E-state index in [1.807, 2.05) is 55.1 Å². The minimum Gasteiger partial charge on any atom is -0.454 e. The summed E-state index contributed by atoms with van der Waals surface area (Å²) in [6.45, 7) is 2.69. The van der Waals surface area contributed by atoms with Gasteiger partial charge in [-0.15, -0.1) is 0 Å². The molecule has 0 aliphatic carbocycles. The van der Waals surface area contributed by atoms with Gasteiger partial charge in [0.1, 0.15) is 11.7 Å². The lowest BCUT2D eigenvalue weighted by atomic mass is 10.1. The van der Waals surface area contributed by atoms with E-state index in [2.05, 4.69) is 9.97 Å². The molecule has 27 heavy (non-hydrogen) atoms. The maximum absolute atomic E-state index is 8.74. The highest BCUT2D eigenvalue weighted by Crippen LogP contribution is 2.47. The van der Waals surface area contributed by atoms with Gasteiger partial charge in [0.25, 0.3) is 0 Å². The van der Waals surface area contributed by atoms with Gasteiger partial charge in [0, 0.05) is 33.3 Å². The van der Waals surface area contributed by atoms with E-state index in [1.54, 1.807) is 6.20 Å². The van der Waals surface area contributed by atoms with E-state index in [9.17, 15) is 0 Å². The van der Waals surface area contributed by atoms with Gasteiger partial charge in [-0.3, -0.25) is 4.90 Å². The quantitative estimate of drug-likeness (QED) is 0.478. The van der Waals surface area contributed by atoms with Gasteiger partial charge < -0.3 is 9.32 Å². The molecule has 1 aliphatic rings. The predicted molar refractivity (Wildman–Crippen MR) is 110 cm³/mol. The van der Waals surface area contributed by atoms with Crippen molar-refractivity contribution >= 4 is 39.3 Å². The van der Waals surface area contributed by atoms with Crippen LogP contribution in [0.3, 0.4) is 0 Å². The molecule has 0 amide bonds. The van der Waals surface area contributed by atoms with Crippen LogP contribution >= 0.6 is 0 Å². The monoisotopic (exact) mass is 362 g/mol. The number of hydrogen-bond acceptors (Lipinski definition) is 5. The van der Waals surface area contributed by atoms with Crippen molar-refractivity contribution in [2.75, 3.05) is 9.80 Å². The molecule has 2 unspecified atom stereocenters. The number of aryl methyl sites for hydroxylation is 1. The number of anilines is 3. The van der Waals surface area contributed by atoms with Crippen LogP contribution in [0, 0.1) is 6.92 Å². The Balaban J connectivity index is 1.79. The van der Waals surface area contributed by atoms with E-state index in [-0.39, 0.29) is 0 Å². The summed E-state index contributed by atoms with van der Waals surface area (Å²) in [5, 5.41) is 1.98. The van der Waals surface area contributed by atoms with Crippen molar-refractivity contribution in [2.45, 2.75) is 39.8 Å². The molecule has 2 aromatic carbocycles. The van der Waals surface area contributed by atoms with E-state index in [1.165, 1.54) is 18.0 Å². The third-order valence-corrected chi connectivity index (χ3v) is 5.19. The van der Waals surface area contributed by atoms with Gasteiger partial charge in [0.05, 0.1) is 7.06 Å². The number of rotatable bonds is 2. The molecule has 0 radical (unpaired) electrons. The summed E-state index contributed by atoms with van der Waals surface area (Å²) in [6, 6.07) is 10.0. The summed E-state index contributed by atoms with van der Waals surface area (Å²) in [6.07, 6.45) is 2.58. The van der Waals surface area contributed by atoms with Crippen molar-refractivity contribution in [1.82, 2.24) is 9.97 Å². The van der Waals surface area contributed by atoms with Crippen LogP contribution in [0.1, 0.15) is 31.7 Å². The normalized spacial score (nSPS) is 21.5. The molecule has 0 saturated carbocycles. The van der Waals surface area contributed by atoms with E-state index < -0.39 is 19.0 Å². The van der Waals surface area contributed by atoms with Crippen molar-refractivity contribution < 1.29 is 9.90 Å². The van der Waals surface area contributed by atoms with Crippen LogP contribution in [0.4, 0.5) is 17.3 Å². The lowest BCUT2D eigenvalue weighted by Crippen LogP contribution is -2.42. The van der Waals surface area contributed by atoms with E-state index in [0.29, 0.717) is 17.2 Å². The van der Waals surface area contributed by atoms with Gasteiger partial charge in [-0.2, -0.15) is 0 Å². The zero-order valence-electron chi connectivity index (χ0n) is 19.4. The highest BCUT2D eigenvalue weighted by atomic mass is 16.3. The Morgan fingerprint density at radius 3 is 2.70 bits per heavy atom. The summed E-state index contributed by atoms with van der Waals surface area (Å²) >= 11 is 0. The molecule has 0 bridgehead atoms. The molecule has 4 aromatic rings. The molecule has 5 rings (SSSR count). The fourth-order valence-corrected chi connectivity index (χ4v) is 4.04. The van der Waals surface area contributed by atoms with Crippen LogP contribution in [0.5, 0.6) is 0 Å². The van der Waals surface area contributed by atoms with Gasteiger partial charge in [0.2, 0.25) is 0 Å². The average Bonchev–Trinajstić information content (AvgIpc) is 3.22. The SMILES string of the molecule is [2H]C([2H])([2H])C([2H])(C)N1c2nccnc2N(c2c(C)ccc3c2oc2ccccc23)C1C. The van der Waals surface area contributed by atoms with E-state index >= 15 is 0 Å². The van der Waals surface area contributed by atoms with Gasteiger partial charge in [-0.1, -0.05) is 30.3 Å². The van der Waals surface area contributed by atoms with E-state index in [0.717, 1.165) is 27.6 Å². The fourth-order valence-electron chi connectivity index (χ4n) is 4.04. The Labute approximate surface area is 163 Å². The van der Waals surface area contributed by atoms with Crippen LogP contribution in [-0.4, -0.2) is 22.2 Å². The van der Waals surface area contributed by atoms with Crippen LogP contribution in [0.2, 0.25) is 0 Å². The summed E-state index contributed by atoms with van der Waals surface area (Å²) in [4.78, 5) is 12.4. The zero-order valence-corrected chi connectivity index (χ0v) is 15.4. The second kappa shape index (κ2) is 5.71. The first-order valence-electron chi connectivity index (χ1n) is 10.9. The third-order valence-electron chi connectivity index (χ3n) is 5.19. The van der Waals surface area contributed by atoms with Crippen LogP contribution in [-0.2, 0) is 0 Å². The number of furan rings is 1. The van der Waals surface area contributed by atoms with Crippen LogP contribution < -0.4 is 9.80 Å². The van der Waals surface area contributed by atoms with Crippen LogP contribution in [0.25, 0.3) is 21.9 Å². The van der Waals surface area contributed by atoms with Crippen molar-refractivity contribution in [3.05, 3.63) is 54.4 Å². The molecule has 5 nitrogen and oxygen atoms in total. The standard InChI is InChI=1S/C22H22N4O/c1-13(2)25-15(4)26(22-21(25)23-11-12-24-22)19-14(3)9-10-17-16-7-5-6-8-18(16)27-20(17)19/h5-13,15H,1-4H3/i1D3,13D. The second-order valence-electron chi connectivity index (χ2n) is 6.87. The molecule has 5 heteroatoms. The highest BCUT2D eigenvalue weighted by Gasteiger charge is 2.39. The maximum atomic E-state index is 8.74. The average molecular weight is 362 g/mol. The molecule has 0 fully saturated rings. The first-order valence-corrected chi connectivity index (χ1v) is 8.93. The lowest BCUT2D eigenvalue weighted by Gasteiger charge is -2.32. The molecule has 0 spiro atoms. The van der Waals surface area contributed by atoms with E-state index in [4.69, 9.17) is 9.90 Å². The molecule has 136 valence electrons. The van der Waals surface area contributed by atoms with Gasteiger partial charge in [-0.25, -0.2) is 9.97 Å². The Morgan fingerprint density at radius 1 is 1.11 bits per heavy atom. The largest absolute Gasteiger partial charge is 0.454 e. The van der Waals surface area contributed by atoms with Crippen molar-refractivity contribution in [3.63, 3.8) is 0 Å². The molecule has 3 heterocycles. The molecule has 1 aliphatic heterocycles. The number of fused-ring (bicyclic) bond motifs is 4. The second-order valence-corrected chi connectivity index (χ2v) is 6.87. The molecule has 2 atom stereocenters. The van der Waals surface area contributed by atoms with Crippen LogP contribution in [0.15, 0.2) is 53.2 Å². The Hall–Kier alpha value is -3.08. The summed E-state index contributed by atoms with van der Waals surface area (Å²) in [7, 11) is 0. The summed E-state index contributed by atoms with van der Waals surface area (Å²) < 4.78 is 38.9. The van der Waals surface area contributed by atoms with Crippen molar-refractivity contribution in [2.24, 2.45) is 0 Å². The summed E-state index contributed by atoms with van der Waals surface area (Å²) in [5.41, 5.74) is 3.23. The third kappa shape index (κ3) is 2.17.